The lowest BCUT2D eigenvalue weighted by Gasteiger charge is -2.06. The third kappa shape index (κ3) is 4.36. The van der Waals surface area contributed by atoms with Crippen molar-refractivity contribution in [2.45, 2.75) is 6.42 Å². The summed E-state index contributed by atoms with van der Waals surface area (Å²) in [4.78, 5) is 0. The van der Waals surface area contributed by atoms with Crippen LogP contribution in [0, 0.1) is 0 Å². The van der Waals surface area contributed by atoms with Gasteiger partial charge in [-0.3, -0.25) is 4.18 Å². The quantitative estimate of drug-likeness (QED) is 0.770. The minimum atomic E-state index is -4.00. The molecule has 0 saturated heterocycles. The molecule has 0 radical (unpaired) electrons. The molecule has 4 nitrogen and oxygen atoms in total. The average molecular weight is 270 g/mol. The molecular weight excluding hydrogens is 261 g/mol. The van der Waals surface area contributed by atoms with Gasteiger partial charge in [0.25, 0.3) is 0 Å². The monoisotopic (exact) mass is 269 g/mol. The number of nitrogens with zero attached hydrogens (tertiary/aromatic N) is 1. The number of hydrogen-bond donors (Lipinski definition) is 0. The van der Waals surface area contributed by atoms with Crippen molar-refractivity contribution >= 4 is 33.9 Å². The number of hydrogen-bond acceptors (Lipinski definition) is 3. The third-order valence-corrected chi connectivity index (χ3v) is 3.45. The molecule has 7 heteroatoms. The molecule has 0 fully saturated rings. The van der Waals surface area contributed by atoms with Crippen LogP contribution in [0.15, 0.2) is 30.3 Å². The minimum Gasteiger partial charge on any atom is -0.256 e. The fourth-order valence-electron chi connectivity index (χ4n) is 0.949. The lowest BCUT2D eigenvalue weighted by molar-refractivity contribution is 0.311. The molecule has 0 aliphatic heterocycles. The fourth-order valence-corrected chi connectivity index (χ4v) is 1.56. The van der Waals surface area contributed by atoms with Gasteiger partial charge in [0.2, 0.25) is 0 Å². The lowest BCUT2D eigenvalue weighted by Crippen LogP contribution is -2.17. The van der Waals surface area contributed by atoms with Gasteiger partial charge in [0.1, 0.15) is 0 Å². The van der Waals surface area contributed by atoms with Crippen LogP contribution in [0.25, 0.3) is 0 Å². The Hall–Kier alpha value is -0.330. The van der Waals surface area contributed by atoms with E-state index in [-0.39, 0.29) is 9.95 Å². The Morgan fingerprint density at radius 1 is 1.20 bits per heavy atom. The maximum Gasteiger partial charge on any atom is 0.366 e. The van der Waals surface area contributed by atoms with Crippen LogP contribution in [0.3, 0.4) is 0 Å². The zero-order valence-corrected chi connectivity index (χ0v) is 9.97. The first-order valence-corrected chi connectivity index (χ1v) is 6.11. The van der Waals surface area contributed by atoms with Crippen molar-refractivity contribution in [3.8, 4) is 0 Å². The van der Waals surface area contributed by atoms with Gasteiger partial charge in [0.05, 0.1) is 6.61 Å². The molecule has 1 aromatic carbocycles. The van der Waals surface area contributed by atoms with Crippen LogP contribution in [0.5, 0.6) is 0 Å². The molecule has 0 heterocycles. The van der Waals surface area contributed by atoms with E-state index in [1.165, 1.54) is 0 Å². The summed E-state index contributed by atoms with van der Waals surface area (Å²) in [6, 6.07) is 9.34. The molecule has 0 aliphatic carbocycles. The topological polar surface area (TPSA) is 46.6 Å². The molecule has 0 spiro atoms. The highest BCUT2D eigenvalue weighted by atomic mass is 35.5. The van der Waals surface area contributed by atoms with Gasteiger partial charge in [-0.1, -0.05) is 30.3 Å². The average Bonchev–Trinajstić information content (AvgIpc) is 2.19. The molecular formula is C8H9Cl2NO3S. The Morgan fingerprint density at radius 3 is 2.33 bits per heavy atom. The predicted molar refractivity (Wildman–Crippen MR) is 58.6 cm³/mol. The van der Waals surface area contributed by atoms with Crippen molar-refractivity contribution in [2.24, 2.45) is 0 Å². The van der Waals surface area contributed by atoms with Gasteiger partial charge in [0, 0.05) is 26.9 Å². The molecule has 1 aromatic rings. The molecule has 1 rings (SSSR count). The van der Waals surface area contributed by atoms with Crippen LogP contribution in [0.1, 0.15) is 5.56 Å². The summed E-state index contributed by atoms with van der Waals surface area (Å²) in [7, 11) is -4.00. The van der Waals surface area contributed by atoms with Gasteiger partial charge in [-0.05, 0) is 12.0 Å². The second-order valence-electron chi connectivity index (χ2n) is 2.69. The first-order chi connectivity index (χ1) is 7.02. The highest BCUT2D eigenvalue weighted by Crippen LogP contribution is 2.10. The van der Waals surface area contributed by atoms with Crippen molar-refractivity contribution in [1.29, 1.82) is 0 Å². The Bertz CT molecular complexity index is 394. The van der Waals surface area contributed by atoms with Crippen LogP contribution in [-0.4, -0.2) is 18.4 Å². The largest absolute Gasteiger partial charge is 0.366 e. The van der Waals surface area contributed by atoms with Gasteiger partial charge in [0.15, 0.2) is 0 Å². The number of rotatable bonds is 5. The molecule has 0 N–H and O–H groups in total. The van der Waals surface area contributed by atoms with Crippen LogP contribution >= 0.6 is 23.6 Å². The summed E-state index contributed by atoms with van der Waals surface area (Å²) < 4.78 is 26.4. The SMILES string of the molecule is O=S(=O)(OCCc1ccccc1)N(Cl)Cl. The standard InChI is InChI=1S/C8H9Cl2NO3S/c9-11(10)15(12,13)14-7-6-8-4-2-1-3-5-8/h1-5H,6-7H2. The molecule has 0 aliphatic rings. The fraction of sp³-hybridized carbons (Fsp3) is 0.250. The van der Waals surface area contributed by atoms with E-state index < -0.39 is 10.3 Å². The molecule has 15 heavy (non-hydrogen) atoms. The number of halogens is 2. The molecule has 0 amide bonds. The summed E-state index contributed by atoms with van der Waals surface area (Å²) in [6.07, 6.45) is 0.474. The van der Waals surface area contributed by atoms with Crippen molar-refractivity contribution in [3.05, 3.63) is 35.9 Å². The highest BCUT2D eigenvalue weighted by Gasteiger charge is 2.18. The van der Waals surface area contributed by atoms with Crippen LogP contribution in [-0.2, 0) is 20.9 Å². The summed E-state index contributed by atoms with van der Waals surface area (Å²) in [5.41, 5.74) is 0.975. The van der Waals surface area contributed by atoms with E-state index in [2.05, 4.69) is 4.18 Å². The van der Waals surface area contributed by atoms with Gasteiger partial charge >= 0.3 is 10.3 Å². The molecule has 0 saturated carbocycles. The zero-order valence-electron chi connectivity index (χ0n) is 7.64. The lowest BCUT2D eigenvalue weighted by atomic mass is 10.2. The molecule has 0 aromatic heterocycles. The van der Waals surface area contributed by atoms with E-state index in [1.807, 2.05) is 30.3 Å². The highest BCUT2D eigenvalue weighted by molar-refractivity contribution is 7.86. The summed E-state index contributed by atoms with van der Waals surface area (Å²) in [5, 5.41) is 0. The van der Waals surface area contributed by atoms with E-state index in [4.69, 9.17) is 23.6 Å². The van der Waals surface area contributed by atoms with Crippen molar-refractivity contribution in [2.75, 3.05) is 6.61 Å². The third-order valence-electron chi connectivity index (χ3n) is 1.63. The van der Waals surface area contributed by atoms with Crippen molar-refractivity contribution in [3.63, 3.8) is 0 Å². The maximum absolute atomic E-state index is 11.0. The molecule has 0 bridgehead atoms. The number of benzene rings is 1. The van der Waals surface area contributed by atoms with Crippen LogP contribution in [0.2, 0.25) is 0 Å². The second-order valence-corrected chi connectivity index (χ2v) is 5.39. The van der Waals surface area contributed by atoms with Gasteiger partial charge in [-0.25, -0.2) is 0 Å². The molecule has 0 atom stereocenters. The minimum absolute atomic E-state index is 0.00199. The van der Waals surface area contributed by atoms with Crippen molar-refractivity contribution < 1.29 is 12.6 Å². The predicted octanol–water partition coefficient (Wildman–Crippen LogP) is 2.10. The van der Waals surface area contributed by atoms with Crippen LogP contribution < -0.4 is 0 Å². The second kappa shape index (κ2) is 5.67. The molecule has 84 valence electrons. The summed E-state index contributed by atoms with van der Waals surface area (Å²) in [6.45, 7) is 0.00227. The van der Waals surface area contributed by atoms with Gasteiger partial charge in [-0.2, -0.15) is 8.42 Å². The Labute approximate surface area is 98.8 Å². The smallest absolute Gasteiger partial charge is 0.256 e. The Balaban J connectivity index is 2.41. The Kier molecular flexibility index (Phi) is 4.82. The Morgan fingerprint density at radius 2 is 1.80 bits per heavy atom. The van der Waals surface area contributed by atoms with Crippen molar-refractivity contribution in [1.82, 2.24) is 3.34 Å². The maximum atomic E-state index is 11.0. The van der Waals surface area contributed by atoms with E-state index >= 15 is 0 Å². The summed E-state index contributed by atoms with van der Waals surface area (Å²) in [5.74, 6) is 0. The van der Waals surface area contributed by atoms with E-state index in [0.717, 1.165) is 5.56 Å². The van der Waals surface area contributed by atoms with Crippen LogP contribution in [0.4, 0.5) is 0 Å². The summed E-state index contributed by atoms with van der Waals surface area (Å²) >= 11 is 10.1. The molecule has 0 unspecified atom stereocenters. The van der Waals surface area contributed by atoms with E-state index in [9.17, 15) is 8.42 Å². The van der Waals surface area contributed by atoms with E-state index in [1.54, 1.807) is 0 Å². The normalized spacial score (nSPS) is 11.9. The first-order valence-electron chi connectivity index (χ1n) is 4.07. The zero-order chi connectivity index (χ0) is 11.3. The van der Waals surface area contributed by atoms with Gasteiger partial charge in [-0.15, -0.1) is 0 Å². The van der Waals surface area contributed by atoms with E-state index in [0.29, 0.717) is 6.42 Å². The van der Waals surface area contributed by atoms with Gasteiger partial charge < -0.3 is 0 Å². The first kappa shape index (κ1) is 12.7.